The number of quaternary nitrogens is 1. The fourth-order valence-corrected chi connectivity index (χ4v) is 3.61. The molecular weight excluding hydrogens is 320 g/mol. The molecule has 1 amide bonds. The molecule has 0 saturated carbocycles. The van der Waals surface area contributed by atoms with E-state index < -0.39 is 0 Å². The smallest absolute Gasteiger partial charge is 0.264 e. The van der Waals surface area contributed by atoms with Crippen LogP contribution in [-0.2, 0) is 4.79 Å². The zero-order valence-electron chi connectivity index (χ0n) is 18.7. The van der Waals surface area contributed by atoms with Gasteiger partial charge >= 0.3 is 0 Å². The molecule has 1 N–H and O–H groups in total. The molecule has 0 saturated heterocycles. The van der Waals surface area contributed by atoms with Gasteiger partial charge in [-0.25, -0.2) is 10.0 Å². The maximum Gasteiger partial charge on any atom is 0.264 e. The standard InChI is InChI=1S/C23H48N2O/c1-6-21-25(4,5)24-23(26)20-18-16-14-12-10-8-7-9-11-13-15-17-19-22(2)3/h22H,6-21H2,1-5H3/p+1. The number of nitrogens with zero attached hydrogens (tertiary/aromatic N) is 1. The minimum atomic E-state index is 0.205. The summed E-state index contributed by atoms with van der Waals surface area (Å²) in [5.74, 6) is 1.08. The van der Waals surface area contributed by atoms with Gasteiger partial charge in [-0.1, -0.05) is 97.8 Å². The van der Waals surface area contributed by atoms with Crippen molar-refractivity contribution in [1.29, 1.82) is 0 Å². The van der Waals surface area contributed by atoms with Crippen molar-refractivity contribution in [3.8, 4) is 0 Å². The molecule has 0 aromatic carbocycles. The second-order valence-corrected chi connectivity index (χ2v) is 9.12. The van der Waals surface area contributed by atoms with Gasteiger partial charge < -0.3 is 0 Å². The zero-order valence-corrected chi connectivity index (χ0v) is 18.7. The summed E-state index contributed by atoms with van der Waals surface area (Å²) in [4.78, 5) is 11.9. The van der Waals surface area contributed by atoms with Crippen LogP contribution in [0.4, 0.5) is 0 Å². The van der Waals surface area contributed by atoms with Crippen molar-refractivity contribution in [1.82, 2.24) is 5.43 Å². The lowest BCUT2D eigenvalue weighted by atomic mass is 10.0. The Morgan fingerprint density at radius 2 is 1.19 bits per heavy atom. The summed E-state index contributed by atoms with van der Waals surface area (Å²) >= 11 is 0. The van der Waals surface area contributed by atoms with Gasteiger partial charge in [0.25, 0.3) is 5.91 Å². The molecule has 0 heterocycles. The first-order valence-corrected chi connectivity index (χ1v) is 11.5. The van der Waals surface area contributed by atoms with Gasteiger partial charge in [0.2, 0.25) is 0 Å². The van der Waals surface area contributed by atoms with E-state index in [2.05, 4.69) is 40.3 Å². The van der Waals surface area contributed by atoms with Gasteiger partial charge in [-0.05, 0) is 18.8 Å². The Hall–Kier alpha value is -0.570. The van der Waals surface area contributed by atoms with E-state index in [0.717, 1.165) is 25.3 Å². The van der Waals surface area contributed by atoms with Crippen LogP contribution in [0.1, 0.15) is 117 Å². The molecule has 0 aromatic rings. The summed E-state index contributed by atoms with van der Waals surface area (Å²) in [5.41, 5.74) is 3.10. The summed E-state index contributed by atoms with van der Waals surface area (Å²) in [5, 5.41) is 0. The van der Waals surface area contributed by atoms with Gasteiger partial charge in [0, 0.05) is 6.42 Å². The highest BCUT2D eigenvalue weighted by atomic mass is 16.2. The van der Waals surface area contributed by atoms with Gasteiger partial charge in [-0.15, -0.1) is 0 Å². The SMILES string of the molecule is CCC[N+](C)(C)NC(=O)CCCCCCCCCCCCCCC(C)C. The number of amides is 1. The molecule has 3 nitrogen and oxygen atoms in total. The average Bonchev–Trinajstić information content (AvgIpc) is 2.54. The maximum absolute atomic E-state index is 11.9. The normalized spacial score (nSPS) is 11.9. The van der Waals surface area contributed by atoms with Crippen LogP contribution in [0.15, 0.2) is 0 Å². The van der Waals surface area contributed by atoms with Crippen LogP contribution in [0.25, 0.3) is 0 Å². The van der Waals surface area contributed by atoms with Crippen LogP contribution in [-0.4, -0.2) is 31.1 Å². The summed E-state index contributed by atoms with van der Waals surface area (Å²) in [7, 11) is 4.13. The molecule has 0 radical (unpaired) electrons. The lowest BCUT2D eigenvalue weighted by Crippen LogP contribution is -2.54. The topological polar surface area (TPSA) is 29.1 Å². The Labute approximate surface area is 164 Å². The number of nitrogens with one attached hydrogen (secondary N) is 1. The Kier molecular flexibility index (Phi) is 16.2. The van der Waals surface area contributed by atoms with Gasteiger partial charge in [-0.2, -0.15) is 0 Å². The van der Waals surface area contributed by atoms with Gasteiger partial charge in [0.1, 0.15) is 6.54 Å². The molecule has 0 fully saturated rings. The van der Waals surface area contributed by atoms with E-state index in [1.165, 1.54) is 77.0 Å². The van der Waals surface area contributed by atoms with Crippen molar-refractivity contribution in [3.05, 3.63) is 0 Å². The molecule has 0 aromatic heterocycles. The van der Waals surface area contributed by atoms with Crippen LogP contribution >= 0.6 is 0 Å². The van der Waals surface area contributed by atoms with Gasteiger partial charge in [-0.3, -0.25) is 4.79 Å². The largest absolute Gasteiger partial charge is 0.270 e. The highest BCUT2D eigenvalue weighted by Crippen LogP contribution is 2.14. The lowest BCUT2D eigenvalue weighted by Gasteiger charge is -2.28. The van der Waals surface area contributed by atoms with E-state index in [4.69, 9.17) is 0 Å². The fourth-order valence-electron chi connectivity index (χ4n) is 3.61. The maximum atomic E-state index is 11.9. The van der Waals surface area contributed by atoms with Gasteiger partial charge in [0.05, 0.1) is 14.1 Å². The number of rotatable bonds is 18. The van der Waals surface area contributed by atoms with E-state index in [0.29, 0.717) is 11.0 Å². The van der Waals surface area contributed by atoms with E-state index in [-0.39, 0.29) is 5.91 Å². The van der Waals surface area contributed by atoms with Crippen molar-refractivity contribution in [3.63, 3.8) is 0 Å². The molecule has 0 aliphatic heterocycles. The second kappa shape index (κ2) is 16.6. The Morgan fingerprint density at radius 3 is 1.62 bits per heavy atom. The number of carbonyl (C=O) groups excluding carboxylic acids is 1. The highest BCUT2D eigenvalue weighted by Gasteiger charge is 2.16. The third-order valence-corrected chi connectivity index (χ3v) is 5.15. The molecule has 156 valence electrons. The molecule has 0 aliphatic rings. The number of hydrogen-bond donors (Lipinski definition) is 1. The minimum absolute atomic E-state index is 0.205. The van der Waals surface area contributed by atoms with Crippen molar-refractivity contribution in [2.75, 3.05) is 20.6 Å². The van der Waals surface area contributed by atoms with Crippen LogP contribution in [0.2, 0.25) is 0 Å². The minimum Gasteiger partial charge on any atom is -0.270 e. The third kappa shape index (κ3) is 18.2. The van der Waals surface area contributed by atoms with Crippen LogP contribution in [0, 0.1) is 5.92 Å². The van der Waals surface area contributed by atoms with Crippen molar-refractivity contribution < 1.29 is 9.39 Å². The van der Waals surface area contributed by atoms with Crippen LogP contribution in [0.3, 0.4) is 0 Å². The molecule has 0 rings (SSSR count). The molecule has 0 bridgehead atoms. The number of hydrogen-bond acceptors (Lipinski definition) is 1. The number of carbonyl (C=O) groups is 1. The first-order valence-electron chi connectivity index (χ1n) is 11.5. The zero-order chi connectivity index (χ0) is 19.7. The Bertz CT molecular complexity index is 326. The average molecular weight is 370 g/mol. The van der Waals surface area contributed by atoms with Gasteiger partial charge in [0.15, 0.2) is 0 Å². The Balaban J connectivity index is 3.28. The fraction of sp³-hybridized carbons (Fsp3) is 0.957. The molecular formula is C23H49N2O+. The van der Waals surface area contributed by atoms with E-state index in [1.807, 2.05) is 0 Å². The summed E-state index contributed by atoms with van der Waals surface area (Å²) in [6.45, 7) is 7.79. The molecule has 0 unspecified atom stereocenters. The molecule has 26 heavy (non-hydrogen) atoms. The van der Waals surface area contributed by atoms with E-state index >= 15 is 0 Å². The predicted octanol–water partition coefficient (Wildman–Crippen LogP) is 6.62. The Morgan fingerprint density at radius 1 is 0.769 bits per heavy atom. The number of unbranched alkanes of at least 4 members (excludes halogenated alkanes) is 11. The molecule has 0 aliphatic carbocycles. The summed E-state index contributed by atoms with van der Waals surface area (Å²) < 4.78 is 0.604. The van der Waals surface area contributed by atoms with Crippen LogP contribution in [0.5, 0.6) is 0 Å². The molecule has 3 heteroatoms. The third-order valence-electron chi connectivity index (χ3n) is 5.15. The lowest BCUT2D eigenvalue weighted by molar-refractivity contribution is -0.925. The molecule has 0 spiro atoms. The van der Waals surface area contributed by atoms with Crippen molar-refractivity contribution >= 4 is 5.91 Å². The summed E-state index contributed by atoms with van der Waals surface area (Å²) in [6.07, 6.45) is 19.4. The van der Waals surface area contributed by atoms with Crippen LogP contribution < -0.4 is 5.43 Å². The molecule has 0 atom stereocenters. The van der Waals surface area contributed by atoms with E-state index in [1.54, 1.807) is 0 Å². The van der Waals surface area contributed by atoms with Crippen molar-refractivity contribution in [2.45, 2.75) is 117 Å². The first kappa shape index (κ1) is 25.4. The first-order chi connectivity index (χ1) is 12.4. The highest BCUT2D eigenvalue weighted by molar-refractivity contribution is 5.74. The van der Waals surface area contributed by atoms with E-state index in [9.17, 15) is 4.79 Å². The quantitative estimate of drug-likeness (QED) is 0.164. The second-order valence-electron chi connectivity index (χ2n) is 9.12. The van der Waals surface area contributed by atoms with Crippen molar-refractivity contribution in [2.24, 2.45) is 5.92 Å². The summed E-state index contributed by atoms with van der Waals surface area (Å²) in [6, 6.07) is 0. The monoisotopic (exact) mass is 369 g/mol. The predicted molar refractivity (Wildman–Crippen MR) is 115 cm³/mol.